The van der Waals surface area contributed by atoms with Crippen molar-refractivity contribution in [3.05, 3.63) is 107 Å². The maximum Gasteiger partial charge on any atom is 1.00 e. The summed E-state index contributed by atoms with van der Waals surface area (Å²) in [7, 11) is 4.11. The second kappa shape index (κ2) is 21.6. The maximum absolute atomic E-state index is 11.0. The smallest absolute Gasteiger partial charge is 1.00 e. The average Bonchev–Trinajstić information content (AvgIpc) is 3.00. The fourth-order valence-electron chi connectivity index (χ4n) is 3.38. The van der Waals surface area contributed by atoms with Gasteiger partial charge in [0.25, 0.3) is 0 Å². The third kappa shape index (κ3) is 14.4. The van der Waals surface area contributed by atoms with E-state index in [0.29, 0.717) is 40.9 Å². The fraction of sp³-hybridized carbons (Fsp3) is 0.194. The SMILES string of the molecule is C=O.CN(C)CCc1ccc(Oc2ccc(C(N)=O)cn2)cc1.NCCc1ccc(Oc2ccc(C(N)=O)cn2)cc1.[B].[H-].[Na+]. The summed E-state index contributed by atoms with van der Waals surface area (Å²) in [4.78, 5) is 40.1. The number of likely N-dealkylation sites (N-methyl/N-ethyl adjacent to an activating group) is 1. The van der Waals surface area contributed by atoms with Gasteiger partial charge in [0, 0.05) is 39.5 Å². The molecule has 13 heteroatoms. The first kappa shape index (κ1) is 39.9. The normalized spacial score (nSPS) is 9.55. The van der Waals surface area contributed by atoms with Crippen molar-refractivity contribution in [1.29, 1.82) is 0 Å². The third-order valence-corrected chi connectivity index (χ3v) is 5.61. The molecule has 3 radical (unpaired) electrons. The van der Waals surface area contributed by atoms with Gasteiger partial charge in [-0.1, -0.05) is 24.3 Å². The van der Waals surface area contributed by atoms with Crippen LogP contribution in [0.1, 0.15) is 33.3 Å². The summed E-state index contributed by atoms with van der Waals surface area (Å²) in [6, 6.07) is 21.9. The van der Waals surface area contributed by atoms with Crippen molar-refractivity contribution in [1.82, 2.24) is 14.9 Å². The van der Waals surface area contributed by atoms with Gasteiger partial charge in [-0.05, 0) is 81.0 Å². The number of nitrogens with two attached hydrogens (primary N) is 3. The van der Waals surface area contributed by atoms with Crippen LogP contribution in [0.3, 0.4) is 0 Å². The van der Waals surface area contributed by atoms with Gasteiger partial charge in [0.05, 0.1) is 11.1 Å². The molecule has 0 aliphatic heterocycles. The molecule has 0 atom stereocenters. The van der Waals surface area contributed by atoms with Crippen molar-refractivity contribution in [2.45, 2.75) is 12.8 Å². The first-order chi connectivity index (χ1) is 20.2. The molecule has 0 spiro atoms. The molecule has 2 heterocycles. The number of nitrogens with zero attached hydrogens (tertiary/aromatic N) is 3. The molecule has 11 nitrogen and oxygen atoms in total. The van der Waals surface area contributed by atoms with Gasteiger partial charge in [-0.15, -0.1) is 0 Å². The zero-order valence-corrected chi connectivity index (χ0v) is 27.3. The monoisotopic (exact) mass is 607 g/mol. The molecule has 6 N–H and O–H groups in total. The van der Waals surface area contributed by atoms with Gasteiger partial charge in [0.15, 0.2) is 0 Å². The first-order valence-corrected chi connectivity index (χ1v) is 12.9. The summed E-state index contributed by atoms with van der Waals surface area (Å²) in [6.07, 6.45) is 4.63. The number of benzene rings is 2. The number of primary amides is 2. The molecule has 0 bridgehead atoms. The van der Waals surface area contributed by atoms with Crippen molar-refractivity contribution in [2.75, 3.05) is 27.2 Å². The number of amides is 2. The molecule has 2 amide bonds. The number of pyridine rings is 2. The molecule has 0 unspecified atom stereocenters. The quantitative estimate of drug-likeness (QED) is 0.200. The van der Waals surface area contributed by atoms with Gasteiger partial charge in [0.2, 0.25) is 23.6 Å². The van der Waals surface area contributed by atoms with Crippen LogP contribution in [-0.4, -0.2) is 69.1 Å². The molecule has 0 fully saturated rings. The number of ether oxygens (including phenoxy) is 2. The molecule has 2 aromatic heterocycles. The largest absolute Gasteiger partial charge is 1.00 e. The molecule has 0 saturated carbocycles. The Morgan fingerprint density at radius 1 is 0.727 bits per heavy atom. The van der Waals surface area contributed by atoms with Gasteiger partial charge in [-0.3, -0.25) is 9.59 Å². The van der Waals surface area contributed by atoms with Crippen molar-refractivity contribution in [3.8, 4) is 23.3 Å². The summed E-state index contributed by atoms with van der Waals surface area (Å²) in [5.41, 5.74) is 18.9. The average molecular weight is 607 g/mol. The predicted molar refractivity (Wildman–Crippen MR) is 168 cm³/mol. The van der Waals surface area contributed by atoms with Crippen LogP contribution in [0.15, 0.2) is 85.2 Å². The first-order valence-electron chi connectivity index (χ1n) is 12.9. The van der Waals surface area contributed by atoms with E-state index < -0.39 is 11.8 Å². The molecule has 4 aromatic rings. The van der Waals surface area contributed by atoms with E-state index in [1.54, 1.807) is 24.3 Å². The molecule has 0 aliphatic rings. The van der Waals surface area contributed by atoms with E-state index >= 15 is 0 Å². The summed E-state index contributed by atoms with van der Waals surface area (Å²) < 4.78 is 11.2. The number of rotatable bonds is 11. The molecule has 0 aliphatic carbocycles. The zero-order chi connectivity index (χ0) is 30.9. The Morgan fingerprint density at radius 3 is 1.41 bits per heavy atom. The van der Waals surface area contributed by atoms with E-state index in [1.165, 1.54) is 18.0 Å². The van der Waals surface area contributed by atoms with E-state index in [1.807, 2.05) is 55.3 Å². The second-order valence-corrected chi connectivity index (χ2v) is 9.08. The summed E-state index contributed by atoms with van der Waals surface area (Å²) in [6.45, 7) is 3.63. The Kier molecular flexibility index (Phi) is 19.6. The van der Waals surface area contributed by atoms with E-state index in [2.05, 4.69) is 29.0 Å². The van der Waals surface area contributed by atoms with Crippen LogP contribution in [0.4, 0.5) is 0 Å². The topological polar surface area (TPSA) is 177 Å². The summed E-state index contributed by atoms with van der Waals surface area (Å²) >= 11 is 0. The Morgan fingerprint density at radius 2 is 1.11 bits per heavy atom. The van der Waals surface area contributed by atoms with Crippen molar-refractivity contribution < 1.29 is 54.8 Å². The maximum atomic E-state index is 11.0. The number of aromatic nitrogens is 2. The van der Waals surface area contributed by atoms with Crippen molar-refractivity contribution in [3.63, 3.8) is 0 Å². The third-order valence-electron chi connectivity index (χ3n) is 5.61. The minimum Gasteiger partial charge on any atom is -1.00 e. The Balaban J connectivity index is 0. The number of carbonyl (C=O) groups is 3. The summed E-state index contributed by atoms with van der Waals surface area (Å²) in [5, 5.41) is 0. The molecule has 0 saturated heterocycles. The zero-order valence-electron chi connectivity index (χ0n) is 26.3. The van der Waals surface area contributed by atoms with E-state index in [-0.39, 0.29) is 39.4 Å². The second-order valence-electron chi connectivity index (χ2n) is 9.08. The molecular formula is C31H37BN6NaO5. The Hall–Kier alpha value is -4.07. The van der Waals surface area contributed by atoms with Gasteiger partial charge in [-0.2, -0.15) is 0 Å². The Bertz CT molecular complexity index is 1400. The van der Waals surface area contributed by atoms with Gasteiger partial charge < -0.3 is 37.8 Å². The molecule has 44 heavy (non-hydrogen) atoms. The van der Waals surface area contributed by atoms with Crippen LogP contribution in [0.2, 0.25) is 0 Å². The number of carbonyl (C=O) groups excluding carboxylic acids is 3. The van der Waals surface area contributed by atoms with Gasteiger partial charge in [0.1, 0.15) is 18.3 Å². The minimum atomic E-state index is -0.509. The van der Waals surface area contributed by atoms with Crippen LogP contribution in [0.5, 0.6) is 23.3 Å². The van der Waals surface area contributed by atoms with Crippen LogP contribution in [-0.2, 0) is 17.6 Å². The predicted octanol–water partition coefficient (Wildman–Crippen LogP) is 0.102. The van der Waals surface area contributed by atoms with Crippen LogP contribution in [0, 0.1) is 0 Å². The van der Waals surface area contributed by atoms with E-state index in [9.17, 15) is 9.59 Å². The minimum absolute atomic E-state index is 0. The molecule has 2 aromatic carbocycles. The standard InChI is InChI=1S/C16H19N3O2.C14H15N3O2.CH2O.B.Na.H/c1-19(2)10-9-12-3-6-14(7-4-12)21-15-8-5-13(11-18-15)16(17)20;15-8-7-10-1-4-12(5-2-10)19-13-6-3-11(9-17-13)14(16)18;1-2;;;/h3-8,11H,9-10H2,1-2H3,(H2,17,20);1-6,9H,7-8,15H2,(H2,16,18);1H2;;;/q;;;;+1;-1. The number of hydrogen-bond donors (Lipinski definition) is 3. The summed E-state index contributed by atoms with van der Waals surface area (Å²) in [5.74, 6) is 1.23. The fourth-order valence-corrected chi connectivity index (χ4v) is 3.38. The van der Waals surface area contributed by atoms with Crippen LogP contribution in [0.25, 0.3) is 0 Å². The van der Waals surface area contributed by atoms with Crippen LogP contribution < -0.4 is 56.2 Å². The van der Waals surface area contributed by atoms with E-state index in [4.69, 9.17) is 31.5 Å². The van der Waals surface area contributed by atoms with Gasteiger partial charge in [-0.25, -0.2) is 9.97 Å². The van der Waals surface area contributed by atoms with Crippen molar-refractivity contribution in [2.24, 2.45) is 17.2 Å². The van der Waals surface area contributed by atoms with Crippen LogP contribution >= 0.6 is 0 Å². The molecule has 225 valence electrons. The molecular weight excluding hydrogens is 570 g/mol. The van der Waals surface area contributed by atoms with Gasteiger partial charge >= 0.3 is 29.6 Å². The van der Waals surface area contributed by atoms with E-state index in [0.717, 1.165) is 24.9 Å². The molecule has 4 rings (SSSR count). The Labute approximate surface area is 283 Å². The number of hydrogen-bond acceptors (Lipinski definition) is 9. The van der Waals surface area contributed by atoms with Crippen molar-refractivity contribution >= 4 is 27.0 Å².